The molecule has 1 nitrogen and oxygen atoms in total. The summed E-state index contributed by atoms with van der Waals surface area (Å²) in [6, 6.07) is 12.3. The molecular formula is C20H25N. The molecule has 110 valence electrons. The van der Waals surface area contributed by atoms with Crippen LogP contribution in [0.15, 0.2) is 30.3 Å². The van der Waals surface area contributed by atoms with Gasteiger partial charge in [-0.15, -0.1) is 0 Å². The first-order chi connectivity index (χ1) is 10.3. The Morgan fingerprint density at radius 3 is 2.62 bits per heavy atom. The van der Waals surface area contributed by atoms with E-state index < -0.39 is 0 Å². The molecule has 1 heteroatoms. The van der Waals surface area contributed by atoms with E-state index >= 15 is 0 Å². The van der Waals surface area contributed by atoms with Crippen LogP contribution in [0.25, 0.3) is 10.8 Å². The fourth-order valence-electron chi connectivity index (χ4n) is 4.15. The summed E-state index contributed by atoms with van der Waals surface area (Å²) in [6.07, 6.45) is 5.04. The molecule has 0 aliphatic heterocycles. The van der Waals surface area contributed by atoms with Crippen molar-refractivity contribution in [3.05, 3.63) is 47.0 Å². The zero-order valence-electron chi connectivity index (χ0n) is 13.2. The van der Waals surface area contributed by atoms with E-state index in [9.17, 15) is 0 Å². The third-order valence-electron chi connectivity index (χ3n) is 5.46. The number of rotatable bonds is 5. The number of benzene rings is 2. The van der Waals surface area contributed by atoms with Gasteiger partial charge in [0.15, 0.2) is 0 Å². The normalized spacial score (nSPS) is 24.5. The van der Waals surface area contributed by atoms with Gasteiger partial charge in [0.2, 0.25) is 0 Å². The Kier molecular flexibility index (Phi) is 3.26. The first-order valence-electron chi connectivity index (χ1n) is 8.56. The number of hydrogen-bond donors (Lipinski definition) is 1. The molecule has 0 saturated heterocycles. The highest BCUT2D eigenvalue weighted by Crippen LogP contribution is 2.49. The Bertz CT molecular complexity index is 663. The zero-order valence-corrected chi connectivity index (χ0v) is 13.2. The summed E-state index contributed by atoms with van der Waals surface area (Å²) in [7, 11) is 0. The molecule has 3 unspecified atom stereocenters. The topological polar surface area (TPSA) is 12.0 Å². The van der Waals surface area contributed by atoms with Crippen molar-refractivity contribution in [2.45, 2.75) is 45.6 Å². The summed E-state index contributed by atoms with van der Waals surface area (Å²) < 4.78 is 0. The maximum absolute atomic E-state index is 3.83. The lowest BCUT2D eigenvalue weighted by Gasteiger charge is -2.21. The molecule has 0 bridgehead atoms. The van der Waals surface area contributed by atoms with E-state index in [4.69, 9.17) is 0 Å². The van der Waals surface area contributed by atoms with Crippen molar-refractivity contribution in [3.8, 4) is 0 Å². The van der Waals surface area contributed by atoms with E-state index in [1.165, 1.54) is 31.1 Å². The average molecular weight is 279 g/mol. The third-order valence-corrected chi connectivity index (χ3v) is 5.46. The van der Waals surface area contributed by atoms with Crippen LogP contribution in [-0.4, -0.2) is 6.54 Å². The molecule has 1 saturated carbocycles. The van der Waals surface area contributed by atoms with E-state index in [2.05, 4.69) is 49.5 Å². The SMILES string of the molecule is CCCNC(c1ccc2c3c(cccc13)CC2)C1CC1C. The molecule has 21 heavy (non-hydrogen) atoms. The van der Waals surface area contributed by atoms with Crippen molar-refractivity contribution < 1.29 is 0 Å². The van der Waals surface area contributed by atoms with Gasteiger partial charge in [-0.05, 0) is 71.5 Å². The summed E-state index contributed by atoms with van der Waals surface area (Å²) in [5.74, 6) is 1.71. The van der Waals surface area contributed by atoms with E-state index in [1.54, 1.807) is 22.1 Å². The summed E-state index contributed by atoms with van der Waals surface area (Å²) in [5.41, 5.74) is 4.66. The van der Waals surface area contributed by atoms with Crippen molar-refractivity contribution in [1.29, 1.82) is 0 Å². The number of nitrogens with one attached hydrogen (secondary N) is 1. The van der Waals surface area contributed by atoms with Crippen molar-refractivity contribution in [2.75, 3.05) is 6.54 Å². The van der Waals surface area contributed by atoms with Crippen molar-refractivity contribution in [2.24, 2.45) is 11.8 Å². The van der Waals surface area contributed by atoms with Crippen molar-refractivity contribution in [3.63, 3.8) is 0 Å². The zero-order chi connectivity index (χ0) is 14.4. The average Bonchev–Trinajstić information content (AvgIpc) is 3.07. The highest BCUT2D eigenvalue weighted by atomic mass is 14.9. The molecule has 0 amide bonds. The highest BCUT2D eigenvalue weighted by molar-refractivity contribution is 5.93. The minimum atomic E-state index is 0.546. The van der Waals surface area contributed by atoms with Gasteiger partial charge in [-0.25, -0.2) is 0 Å². The van der Waals surface area contributed by atoms with Gasteiger partial charge in [0.1, 0.15) is 0 Å². The summed E-state index contributed by atoms with van der Waals surface area (Å²) in [6.45, 7) is 5.77. The summed E-state index contributed by atoms with van der Waals surface area (Å²) in [5, 5.41) is 6.90. The first-order valence-corrected chi connectivity index (χ1v) is 8.56. The van der Waals surface area contributed by atoms with Crippen LogP contribution in [0.3, 0.4) is 0 Å². The Morgan fingerprint density at radius 2 is 1.90 bits per heavy atom. The van der Waals surface area contributed by atoms with E-state index in [0.717, 1.165) is 18.4 Å². The molecule has 2 aromatic rings. The molecule has 0 radical (unpaired) electrons. The Morgan fingerprint density at radius 1 is 1.14 bits per heavy atom. The molecule has 4 rings (SSSR count). The molecule has 0 spiro atoms. The summed E-state index contributed by atoms with van der Waals surface area (Å²) >= 11 is 0. The molecule has 1 fully saturated rings. The van der Waals surface area contributed by atoms with E-state index in [-0.39, 0.29) is 0 Å². The molecular weight excluding hydrogens is 254 g/mol. The maximum Gasteiger partial charge on any atom is 0.0357 e. The molecule has 1 N–H and O–H groups in total. The number of aryl methyl sites for hydroxylation is 2. The van der Waals surface area contributed by atoms with E-state index in [1.807, 2.05) is 0 Å². The molecule has 0 aromatic heterocycles. The Hall–Kier alpha value is -1.34. The van der Waals surface area contributed by atoms with Crippen LogP contribution in [-0.2, 0) is 12.8 Å². The van der Waals surface area contributed by atoms with Crippen LogP contribution in [0.4, 0.5) is 0 Å². The van der Waals surface area contributed by atoms with Gasteiger partial charge in [0.05, 0.1) is 0 Å². The van der Waals surface area contributed by atoms with Gasteiger partial charge in [-0.2, -0.15) is 0 Å². The van der Waals surface area contributed by atoms with Crippen LogP contribution >= 0.6 is 0 Å². The largest absolute Gasteiger partial charge is 0.310 e. The minimum absolute atomic E-state index is 0.546. The fraction of sp³-hybridized carbons (Fsp3) is 0.500. The highest BCUT2D eigenvalue weighted by Gasteiger charge is 2.40. The lowest BCUT2D eigenvalue weighted by atomic mass is 9.92. The molecule has 2 aliphatic rings. The Labute approximate surface area is 127 Å². The molecule has 0 heterocycles. The second kappa shape index (κ2) is 5.14. The van der Waals surface area contributed by atoms with Gasteiger partial charge in [0, 0.05) is 6.04 Å². The molecule has 2 aliphatic carbocycles. The number of hydrogen-bond acceptors (Lipinski definition) is 1. The van der Waals surface area contributed by atoms with Crippen LogP contribution in [0.5, 0.6) is 0 Å². The van der Waals surface area contributed by atoms with Crippen molar-refractivity contribution in [1.82, 2.24) is 5.32 Å². The van der Waals surface area contributed by atoms with Crippen LogP contribution < -0.4 is 5.32 Å². The standard InChI is InChI=1S/C20H25N/c1-3-11-21-20(18-12-13(18)2)17-10-9-15-8-7-14-5-4-6-16(17)19(14)15/h4-6,9-10,13,18,20-21H,3,7-8,11-12H2,1-2H3. The smallest absolute Gasteiger partial charge is 0.0357 e. The van der Waals surface area contributed by atoms with Crippen LogP contribution in [0.1, 0.15) is 49.4 Å². The quantitative estimate of drug-likeness (QED) is 0.841. The lowest BCUT2D eigenvalue weighted by Crippen LogP contribution is -2.24. The maximum atomic E-state index is 3.83. The monoisotopic (exact) mass is 279 g/mol. The minimum Gasteiger partial charge on any atom is -0.310 e. The summed E-state index contributed by atoms with van der Waals surface area (Å²) in [4.78, 5) is 0. The second-order valence-electron chi connectivity index (χ2n) is 6.96. The Balaban J connectivity index is 1.81. The van der Waals surface area contributed by atoms with Crippen LogP contribution in [0.2, 0.25) is 0 Å². The fourth-order valence-corrected chi connectivity index (χ4v) is 4.15. The van der Waals surface area contributed by atoms with Gasteiger partial charge in [-0.3, -0.25) is 0 Å². The van der Waals surface area contributed by atoms with Gasteiger partial charge >= 0.3 is 0 Å². The van der Waals surface area contributed by atoms with E-state index in [0.29, 0.717) is 6.04 Å². The predicted octanol–water partition coefficient (Wildman–Crippen LogP) is 4.64. The molecule has 2 aromatic carbocycles. The third kappa shape index (κ3) is 2.19. The van der Waals surface area contributed by atoms with Gasteiger partial charge in [0.25, 0.3) is 0 Å². The molecule has 3 atom stereocenters. The van der Waals surface area contributed by atoms with Crippen molar-refractivity contribution >= 4 is 10.8 Å². The lowest BCUT2D eigenvalue weighted by molar-refractivity contribution is 0.465. The second-order valence-corrected chi connectivity index (χ2v) is 6.96. The van der Waals surface area contributed by atoms with Crippen LogP contribution in [0, 0.1) is 11.8 Å². The first kappa shape index (κ1) is 13.3. The van der Waals surface area contributed by atoms with Gasteiger partial charge < -0.3 is 5.32 Å². The van der Waals surface area contributed by atoms with Gasteiger partial charge in [-0.1, -0.05) is 44.2 Å². The predicted molar refractivity (Wildman–Crippen MR) is 89.7 cm³/mol.